The smallest absolute Gasteiger partial charge is 0.321 e. The molecular formula is C20H22N4O3S. The monoisotopic (exact) mass is 398 g/mol. The molecule has 3 aromatic rings. The molecule has 0 aliphatic carbocycles. The van der Waals surface area contributed by atoms with Crippen molar-refractivity contribution in [3.63, 3.8) is 0 Å². The Balaban J connectivity index is 1.89. The van der Waals surface area contributed by atoms with Crippen LogP contribution in [0.4, 0.5) is 4.79 Å². The maximum atomic E-state index is 12.8. The highest BCUT2D eigenvalue weighted by atomic mass is 32.2. The number of amides is 3. The van der Waals surface area contributed by atoms with Crippen molar-refractivity contribution in [3.05, 3.63) is 46.8 Å². The van der Waals surface area contributed by atoms with Gasteiger partial charge in [0.15, 0.2) is 5.16 Å². The number of carbonyl (C=O) groups is 2. The fourth-order valence-electron chi connectivity index (χ4n) is 2.77. The molecule has 1 atom stereocenters. The van der Waals surface area contributed by atoms with Crippen LogP contribution in [0, 0.1) is 0 Å². The lowest BCUT2D eigenvalue weighted by atomic mass is 10.1. The number of fused-ring (bicyclic) bond motifs is 2. The Morgan fingerprint density at radius 3 is 2.39 bits per heavy atom. The minimum absolute atomic E-state index is 0.0754. The van der Waals surface area contributed by atoms with Gasteiger partial charge in [0.25, 0.3) is 5.56 Å². The number of urea groups is 1. The van der Waals surface area contributed by atoms with Gasteiger partial charge in [0.05, 0.1) is 16.2 Å². The summed E-state index contributed by atoms with van der Waals surface area (Å²) in [5.74, 6) is -0.448. The molecular weight excluding hydrogens is 376 g/mol. The van der Waals surface area contributed by atoms with Crippen LogP contribution in [0.15, 0.2) is 46.3 Å². The van der Waals surface area contributed by atoms with Crippen LogP contribution in [-0.4, -0.2) is 32.8 Å². The molecule has 3 rings (SSSR count). The zero-order valence-electron chi connectivity index (χ0n) is 16.1. The largest absolute Gasteiger partial charge is 0.336 e. The first kappa shape index (κ1) is 19.9. The lowest BCUT2D eigenvalue weighted by molar-refractivity contribution is -0.119. The van der Waals surface area contributed by atoms with Gasteiger partial charge in [-0.15, -0.1) is 0 Å². The molecule has 0 radical (unpaired) electrons. The van der Waals surface area contributed by atoms with Crippen molar-refractivity contribution in [2.75, 3.05) is 0 Å². The zero-order chi connectivity index (χ0) is 20.4. The van der Waals surface area contributed by atoms with E-state index in [1.807, 2.05) is 36.4 Å². The Morgan fingerprint density at radius 1 is 1.11 bits per heavy atom. The van der Waals surface area contributed by atoms with Gasteiger partial charge in [0, 0.05) is 13.1 Å². The van der Waals surface area contributed by atoms with Gasteiger partial charge >= 0.3 is 6.03 Å². The Morgan fingerprint density at radius 2 is 1.75 bits per heavy atom. The number of carbonyl (C=O) groups excluding carboxylic acids is 2. The quantitative estimate of drug-likeness (QED) is 0.400. The van der Waals surface area contributed by atoms with Gasteiger partial charge in [0.2, 0.25) is 5.91 Å². The molecule has 0 unspecified atom stereocenters. The summed E-state index contributed by atoms with van der Waals surface area (Å²) >= 11 is 1.13. The minimum Gasteiger partial charge on any atom is -0.336 e. The Bertz CT molecular complexity index is 1120. The fraction of sp³-hybridized carbons (Fsp3) is 0.300. The number of aromatic nitrogens is 2. The van der Waals surface area contributed by atoms with Crippen LogP contribution in [0.2, 0.25) is 0 Å². The summed E-state index contributed by atoms with van der Waals surface area (Å²) in [5, 5.41) is 7.20. The maximum absolute atomic E-state index is 12.8. The minimum atomic E-state index is -0.603. The van der Waals surface area contributed by atoms with Crippen LogP contribution in [0.25, 0.3) is 21.7 Å². The summed E-state index contributed by atoms with van der Waals surface area (Å²) in [6, 6.07) is 10.9. The van der Waals surface area contributed by atoms with Gasteiger partial charge in [0.1, 0.15) is 0 Å². The van der Waals surface area contributed by atoms with E-state index in [0.29, 0.717) is 16.1 Å². The topological polar surface area (TPSA) is 93.1 Å². The molecule has 3 amide bonds. The normalized spacial score (nSPS) is 12.3. The summed E-state index contributed by atoms with van der Waals surface area (Å²) in [5.41, 5.74) is 0.401. The van der Waals surface area contributed by atoms with Gasteiger partial charge in [-0.1, -0.05) is 36.0 Å². The first-order valence-corrected chi connectivity index (χ1v) is 9.81. The molecule has 0 bridgehead atoms. The van der Waals surface area contributed by atoms with E-state index in [-0.39, 0.29) is 11.6 Å². The number of imide groups is 1. The van der Waals surface area contributed by atoms with Crippen molar-refractivity contribution in [1.29, 1.82) is 0 Å². The third-order valence-corrected chi connectivity index (χ3v) is 5.35. The average molecular weight is 398 g/mol. The Hall–Kier alpha value is -2.87. The fourth-order valence-corrected chi connectivity index (χ4v) is 3.64. The van der Waals surface area contributed by atoms with E-state index >= 15 is 0 Å². The second-order valence-corrected chi connectivity index (χ2v) is 8.16. The van der Waals surface area contributed by atoms with Gasteiger partial charge in [-0.3, -0.25) is 19.5 Å². The van der Waals surface area contributed by atoms with E-state index in [9.17, 15) is 14.4 Å². The number of nitrogens with zero attached hydrogens (tertiary/aromatic N) is 2. The van der Waals surface area contributed by atoms with Crippen molar-refractivity contribution >= 4 is 45.4 Å². The molecule has 28 heavy (non-hydrogen) atoms. The molecule has 0 spiro atoms. The Kier molecular flexibility index (Phi) is 5.69. The molecule has 0 fully saturated rings. The second kappa shape index (κ2) is 8.02. The van der Waals surface area contributed by atoms with E-state index in [0.717, 1.165) is 22.5 Å². The Labute approximate surface area is 166 Å². The number of thioether (sulfide) groups is 1. The molecule has 1 aromatic heterocycles. The van der Waals surface area contributed by atoms with Crippen LogP contribution in [0.3, 0.4) is 0 Å². The van der Waals surface area contributed by atoms with Crippen LogP contribution in [-0.2, 0) is 11.8 Å². The van der Waals surface area contributed by atoms with Gasteiger partial charge in [-0.2, -0.15) is 0 Å². The molecule has 0 saturated carbocycles. The molecule has 1 heterocycles. The number of hydrogen-bond acceptors (Lipinski definition) is 5. The first-order chi connectivity index (χ1) is 13.3. The molecule has 0 saturated heterocycles. The highest BCUT2D eigenvalue weighted by molar-refractivity contribution is 8.00. The van der Waals surface area contributed by atoms with Crippen LogP contribution < -0.4 is 16.2 Å². The maximum Gasteiger partial charge on any atom is 0.321 e. The van der Waals surface area contributed by atoms with Crippen molar-refractivity contribution in [2.24, 2.45) is 7.05 Å². The number of benzene rings is 2. The number of nitrogens with one attached hydrogen (secondary N) is 2. The molecule has 2 N–H and O–H groups in total. The average Bonchev–Trinajstić information content (AvgIpc) is 2.63. The van der Waals surface area contributed by atoms with Gasteiger partial charge in [-0.05, 0) is 43.7 Å². The second-order valence-electron chi connectivity index (χ2n) is 6.85. The highest BCUT2D eigenvalue weighted by Gasteiger charge is 2.20. The molecule has 8 heteroatoms. The summed E-state index contributed by atoms with van der Waals surface area (Å²) < 4.78 is 1.43. The summed E-state index contributed by atoms with van der Waals surface area (Å²) in [4.78, 5) is 41.4. The third-order valence-electron chi connectivity index (χ3n) is 4.21. The van der Waals surface area contributed by atoms with Crippen LogP contribution >= 0.6 is 11.8 Å². The predicted molar refractivity (Wildman–Crippen MR) is 112 cm³/mol. The van der Waals surface area contributed by atoms with Crippen molar-refractivity contribution in [3.8, 4) is 0 Å². The molecule has 2 aromatic carbocycles. The number of rotatable bonds is 4. The van der Waals surface area contributed by atoms with E-state index in [2.05, 4.69) is 15.6 Å². The summed E-state index contributed by atoms with van der Waals surface area (Å²) in [7, 11) is 1.63. The molecule has 146 valence electrons. The van der Waals surface area contributed by atoms with E-state index in [1.165, 1.54) is 4.57 Å². The lowest BCUT2D eigenvalue weighted by Gasteiger charge is -2.15. The first-order valence-electron chi connectivity index (χ1n) is 8.94. The molecule has 0 aliphatic rings. The molecule has 0 aliphatic heterocycles. The van der Waals surface area contributed by atoms with Gasteiger partial charge in [-0.25, -0.2) is 9.78 Å². The SMILES string of the molecule is CC(C)NC(=O)NC(=O)[C@@H](C)Sc1nc2cc3ccccc3cc2c(=O)n1C. The van der Waals surface area contributed by atoms with E-state index in [4.69, 9.17) is 0 Å². The highest BCUT2D eigenvalue weighted by Crippen LogP contribution is 2.24. The lowest BCUT2D eigenvalue weighted by Crippen LogP contribution is -2.45. The van der Waals surface area contributed by atoms with Crippen molar-refractivity contribution < 1.29 is 9.59 Å². The number of hydrogen-bond donors (Lipinski definition) is 2. The van der Waals surface area contributed by atoms with Crippen molar-refractivity contribution in [1.82, 2.24) is 20.2 Å². The third kappa shape index (κ3) is 4.17. The summed E-state index contributed by atoms with van der Waals surface area (Å²) in [6.45, 7) is 5.28. The van der Waals surface area contributed by atoms with E-state index < -0.39 is 17.2 Å². The summed E-state index contributed by atoms with van der Waals surface area (Å²) in [6.07, 6.45) is 0. The zero-order valence-corrected chi connectivity index (χ0v) is 17.0. The standard InChI is InChI=1S/C20H22N4O3S/c1-11(2)21-19(27)23-17(25)12(3)28-20-22-16-10-14-8-6-5-7-13(14)9-15(16)18(26)24(20)4/h5-12H,1-4H3,(H2,21,23,25,27)/t12-/m1/s1. The van der Waals surface area contributed by atoms with Gasteiger partial charge < -0.3 is 5.32 Å². The van der Waals surface area contributed by atoms with Crippen LogP contribution in [0.5, 0.6) is 0 Å². The van der Waals surface area contributed by atoms with Crippen molar-refractivity contribution in [2.45, 2.75) is 37.2 Å². The van der Waals surface area contributed by atoms with E-state index in [1.54, 1.807) is 27.8 Å². The van der Waals surface area contributed by atoms with Crippen LogP contribution in [0.1, 0.15) is 20.8 Å². The predicted octanol–water partition coefficient (Wildman–Crippen LogP) is 2.80. The molecule has 7 nitrogen and oxygen atoms in total.